The highest BCUT2D eigenvalue weighted by molar-refractivity contribution is 5.71. The molecule has 2 rings (SSSR count). The lowest BCUT2D eigenvalue weighted by atomic mass is 10.1. The lowest BCUT2D eigenvalue weighted by Gasteiger charge is -2.08. The summed E-state index contributed by atoms with van der Waals surface area (Å²) in [4.78, 5) is 22.0. The number of benzene rings is 1. The molecule has 0 atom stereocenters. The van der Waals surface area contributed by atoms with Crippen molar-refractivity contribution in [3.05, 3.63) is 39.4 Å². The lowest BCUT2D eigenvalue weighted by Crippen LogP contribution is -2.12. The number of nitro groups is 1. The van der Waals surface area contributed by atoms with Gasteiger partial charge in [-0.2, -0.15) is 0 Å². The van der Waals surface area contributed by atoms with Gasteiger partial charge in [0.25, 0.3) is 5.69 Å². The molecule has 19 heavy (non-hydrogen) atoms. The van der Waals surface area contributed by atoms with Crippen molar-refractivity contribution in [2.24, 2.45) is 5.92 Å². The van der Waals surface area contributed by atoms with E-state index in [4.69, 9.17) is 4.74 Å². The first kappa shape index (κ1) is 13.5. The molecule has 5 nitrogen and oxygen atoms in total. The van der Waals surface area contributed by atoms with Crippen molar-refractivity contribution >= 4 is 11.7 Å². The molecule has 0 spiro atoms. The molecule has 1 fully saturated rings. The van der Waals surface area contributed by atoms with Crippen molar-refractivity contribution < 1.29 is 14.5 Å². The highest BCUT2D eigenvalue weighted by Crippen LogP contribution is 2.41. The summed E-state index contributed by atoms with van der Waals surface area (Å²) in [5, 5.41) is 11.1. The zero-order valence-corrected chi connectivity index (χ0v) is 11.1. The molecule has 0 aromatic heterocycles. The van der Waals surface area contributed by atoms with Crippen LogP contribution in [0.1, 0.15) is 43.7 Å². The minimum absolute atomic E-state index is 0.0426. The second-order valence-electron chi connectivity index (χ2n) is 5.18. The van der Waals surface area contributed by atoms with E-state index >= 15 is 0 Å². The van der Waals surface area contributed by atoms with E-state index in [0.717, 1.165) is 18.4 Å². The van der Waals surface area contributed by atoms with Gasteiger partial charge in [-0.05, 0) is 30.4 Å². The van der Waals surface area contributed by atoms with E-state index in [1.807, 2.05) is 6.07 Å². The van der Waals surface area contributed by atoms with Gasteiger partial charge >= 0.3 is 5.97 Å². The van der Waals surface area contributed by atoms with Crippen LogP contribution in [0.15, 0.2) is 18.2 Å². The largest absolute Gasteiger partial charge is 0.460 e. The van der Waals surface area contributed by atoms with Crippen LogP contribution < -0.4 is 0 Å². The summed E-state index contributed by atoms with van der Waals surface area (Å²) in [6.45, 7) is 3.41. The van der Waals surface area contributed by atoms with Crippen molar-refractivity contribution in [2.75, 3.05) is 0 Å². The standard InChI is InChI=1S/C14H17NO4/c1-9(2)14(16)19-8-12-6-5-11(10-3-4-10)7-13(12)15(17)18/h5-7,9-10H,3-4,8H2,1-2H3. The summed E-state index contributed by atoms with van der Waals surface area (Å²) in [7, 11) is 0. The zero-order valence-electron chi connectivity index (χ0n) is 11.1. The minimum atomic E-state index is -0.412. The van der Waals surface area contributed by atoms with Crippen LogP contribution >= 0.6 is 0 Å². The molecular weight excluding hydrogens is 246 g/mol. The smallest absolute Gasteiger partial charge is 0.308 e. The maximum atomic E-state index is 11.4. The third-order valence-electron chi connectivity index (χ3n) is 3.20. The summed E-state index contributed by atoms with van der Waals surface area (Å²) < 4.78 is 5.05. The predicted molar refractivity (Wildman–Crippen MR) is 69.7 cm³/mol. The normalized spacial score (nSPS) is 14.5. The third kappa shape index (κ3) is 3.30. The van der Waals surface area contributed by atoms with E-state index in [2.05, 4.69) is 0 Å². The Balaban J connectivity index is 2.14. The van der Waals surface area contributed by atoms with Gasteiger partial charge < -0.3 is 4.74 Å². The van der Waals surface area contributed by atoms with E-state index in [-0.39, 0.29) is 24.2 Å². The molecule has 0 N–H and O–H groups in total. The molecule has 0 saturated heterocycles. The highest BCUT2D eigenvalue weighted by Gasteiger charge is 2.26. The average molecular weight is 263 g/mol. The van der Waals surface area contributed by atoms with E-state index in [0.29, 0.717) is 11.5 Å². The predicted octanol–water partition coefficient (Wildman–Crippen LogP) is 3.17. The first-order valence-corrected chi connectivity index (χ1v) is 6.43. The van der Waals surface area contributed by atoms with Crippen molar-refractivity contribution in [3.8, 4) is 0 Å². The van der Waals surface area contributed by atoms with E-state index in [1.54, 1.807) is 26.0 Å². The molecule has 5 heteroatoms. The highest BCUT2D eigenvalue weighted by atomic mass is 16.6. The molecule has 1 aromatic rings. The quantitative estimate of drug-likeness (QED) is 0.465. The molecular formula is C14H17NO4. The molecule has 0 unspecified atom stereocenters. The Bertz CT molecular complexity index is 506. The number of hydrogen-bond acceptors (Lipinski definition) is 4. The number of nitrogens with zero attached hydrogens (tertiary/aromatic N) is 1. The number of carbonyl (C=O) groups excluding carboxylic acids is 1. The van der Waals surface area contributed by atoms with Gasteiger partial charge in [0.15, 0.2) is 0 Å². The zero-order chi connectivity index (χ0) is 14.0. The molecule has 0 radical (unpaired) electrons. The molecule has 1 aliphatic carbocycles. The van der Waals surface area contributed by atoms with Gasteiger partial charge in [0.1, 0.15) is 6.61 Å². The van der Waals surface area contributed by atoms with Crippen LogP contribution in [-0.2, 0) is 16.1 Å². The summed E-state index contributed by atoms with van der Waals surface area (Å²) in [5.74, 6) is -0.115. The fraction of sp³-hybridized carbons (Fsp3) is 0.500. The lowest BCUT2D eigenvalue weighted by molar-refractivity contribution is -0.385. The van der Waals surface area contributed by atoms with Crippen LogP contribution in [0.2, 0.25) is 0 Å². The summed E-state index contributed by atoms with van der Waals surface area (Å²) in [6, 6.07) is 5.19. The first-order chi connectivity index (χ1) is 8.99. The summed E-state index contributed by atoms with van der Waals surface area (Å²) in [6.07, 6.45) is 2.19. The second kappa shape index (κ2) is 5.38. The second-order valence-corrected chi connectivity index (χ2v) is 5.18. The van der Waals surface area contributed by atoms with Crippen molar-refractivity contribution in [1.82, 2.24) is 0 Å². The maximum absolute atomic E-state index is 11.4. The van der Waals surface area contributed by atoms with E-state index in [9.17, 15) is 14.9 Å². The Morgan fingerprint density at radius 3 is 2.68 bits per heavy atom. The number of nitro benzene ring substituents is 1. The van der Waals surface area contributed by atoms with Crippen LogP contribution in [-0.4, -0.2) is 10.9 Å². The molecule has 0 bridgehead atoms. The topological polar surface area (TPSA) is 69.4 Å². The van der Waals surface area contributed by atoms with Crippen LogP contribution in [0.25, 0.3) is 0 Å². The SMILES string of the molecule is CC(C)C(=O)OCc1ccc(C2CC2)cc1[N+](=O)[O-]. The Hall–Kier alpha value is -1.91. The van der Waals surface area contributed by atoms with Crippen molar-refractivity contribution in [1.29, 1.82) is 0 Å². The van der Waals surface area contributed by atoms with E-state index in [1.165, 1.54) is 0 Å². The first-order valence-electron chi connectivity index (χ1n) is 6.43. The number of carbonyl (C=O) groups is 1. The van der Waals surface area contributed by atoms with Gasteiger partial charge in [0, 0.05) is 6.07 Å². The third-order valence-corrected chi connectivity index (χ3v) is 3.20. The summed E-state index contributed by atoms with van der Waals surface area (Å²) >= 11 is 0. The van der Waals surface area contributed by atoms with Crippen LogP contribution in [0.5, 0.6) is 0 Å². The molecule has 0 amide bonds. The van der Waals surface area contributed by atoms with Gasteiger partial charge in [0.2, 0.25) is 0 Å². The van der Waals surface area contributed by atoms with Gasteiger partial charge in [-0.3, -0.25) is 14.9 Å². The Kier molecular flexibility index (Phi) is 3.83. The molecule has 0 aliphatic heterocycles. The monoisotopic (exact) mass is 263 g/mol. The Labute approximate surface area is 111 Å². The molecule has 1 saturated carbocycles. The minimum Gasteiger partial charge on any atom is -0.460 e. The number of ether oxygens (including phenoxy) is 1. The Morgan fingerprint density at radius 2 is 2.16 bits per heavy atom. The molecule has 0 heterocycles. The summed E-state index contributed by atoms with van der Waals surface area (Å²) in [5.41, 5.74) is 1.50. The molecule has 1 aromatic carbocycles. The van der Waals surface area contributed by atoms with Crippen molar-refractivity contribution in [2.45, 2.75) is 39.2 Å². The molecule has 1 aliphatic rings. The van der Waals surface area contributed by atoms with Gasteiger partial charge in [0.05, 0.1) is 16.4 Å². The van der Waals surface area contributed by atoms with Gasteiger partial charge in [-0.15, -0.1) is 0 Å². The molecule has 102 valence electrons. The van der Waals surface area contributed by atoms with Gasteiger partial charge in [-0.1, -0.05) is 19.9 Å². The van der Waals surface area contributed by atoms with Crippen LogP contribution in [0.3, 0.4) is 0 Å². The van der Waals surface area contributed by atoms with Crippen LogP contribution in [0, 0.1) is 16.0 Å². The van der Waals surface area contributed by atoms with Crippen LogP contribution in [0.4, 0.5) is 5.69 Å². The Morgan fingerprint density at radius 1 is 1.47 bits per heavy atom. The number of hydrogen-bond donors (Lipinski definition) is 0. The van der Waals surface area contributed by atoms with Crippen molar-refractivity contribution in [3.63, 3.8) is 0 Å². The fourth-order valence-corrected chi connectivity index (χ4v) is 1.86. The number of rotatable bonds is 5. The number of esters is 1. The van der Waals surface area contributed by atoms with E-state index < -0.39 is 4.92 Å². The average Bonchev–Trinajstić information content (AvgIpc) is 3.19. The van der Waals surface area contributed by atoms with Gasteiger partial charge in [-0.25, -0.2) is 0 Å². The fourth-order valence-electron chi connectivity index (χ4n) is 1.86. The maximum Gasteiger partial charge on any atom is 0.308 e.